The lowest BCUT2D eigenvalue weighted by atomic mass is 10.2. The molecule has 86 valence electrons. The molecule has 1 N–H and O–H groups in total. The van der Waals surface area contributed by atoms with Crippen molar-refractivity contribution >= 4 is 12.5 Å². The number of rotatable bonds is 2. The van der Waals surface area contributed by atoms with Crippen LogP contribution in [0.25, 0.3) is 0 Å². The Morgan fingerprint density at radius 3 is 2.67 bits per heavy atom. The van der Waals surface area contributed by atoms with Crippen LogP contribution in [0.1, 0.15) is 27.2 Å². The number of hydrogen-bond donors (Lipinski definition) is 1. The van der Waals surface area contributed by atoms with Crippen LogP contribution in [0.15, 0.2) is 0 Å². The van der Waals surface area contributed by atoms with Gasteiger partial charge in [0.05, 0.1) is 6.04 Å². The first-order chi connectivity index (χ1) is 6.90. The van der Waals surface area contributed by atoms with Crippen LogP contribution in [0.5, 0.6) is 0 Å². The lowest BCUT2D eigenvalue weighted by Crippen LogP contribution is -2.40. The van der Waals surface area contributed by atoms with Gasteiger partial charge in [0.1, 0.15) is 5.60 Å². The number of alkyl carbamates (subject to hydrolysis) is 1. The summed E-state index contributed by atoms with van der Waals surface area (Å²) in [7, 11) is 0. The van der Waals surface area contributed by atoms with Crippen molar-refractivity contribution in [1.82, 2.24) is 10.2 Å². The molecule has 0 aromatic heterocycles. The minimum Gasteiger partial charge on any atom is -0.444 e. The largest absolute Gasteiger partial charge is 0.444 e. The second-order valence-corrected chi connectivity index (χ2v) is 4.73. The summed E-state index contributed by atoms with van der Waals surface area (Å²) < 4.78 is 5.11. The Morgan fingerprint density at radius 2 is 2.20 bits per heavy atom. The lowest BCUT2D eigenvalue weighted by Gasteiger charge is -2.21. The van der Waals surface area contributed by atoms with Gasteiger partial charge in [0, 0.05) is 13.1 Å². The molecule has 1 fully saturated rings. The molecular weight excluding hydrogens is 196 g/mol. The van der Waals surface area contributed by atoms with E-state index in [4.69, 9.17) is 4.74 Å². The van der Waals surface area contributed by atoms with Gasteiger partial charge in [-0.25, -0.2) is 4.79 Å². The summed E-state index contributed by atoms with van der Waals surface area (Å²) in [6, 6.07) is 0.0186. The Labute approximate surface area is 89.8 Å². The normalized spacial score (nSPS) is 21.3. The van der Waals surface area contributed by atoms with E-state index >= 15 is 0 Å². The first-order valence-electron chi connectivity index (χ1n) is 5.09. The molecule has 0 bridgehead atoms. The van der Waals surface area contributed by atoms with Crippen molar-refractivity contribution in [2.24, 2.45) is 0 Å². The molecule has 1 saturated heterocycles. The van der Waals surface area contributed by atoms with Crippen LogP contribution in [0.3, 0.4) is 0 Å². The molecule has 0 aliphatic carbocycles. The van der Waals surface area contributed by atoms with Gasteiger partial charge in [0.15, 0.2) is 0 Å². The number of carbonyl (C=O) groups excluding carboxylic acids is 2. The van der Waals surface area contributed by atoms with Crippen molar-refractivity contribution in [2.45, 2.75) is 38.8 Å². The highest BCUT2D eigenvalue weighted by molar-refractivity contribution is 5.68. The Bertz CT molecular complexity index is 248. The molecule has 1 heterocycles. The molecule has 5 heteroatoms. The molecule has 5 nitrogen and oxygen atoms in total. The van der Waals surface area contributed by atoms with E-state index in [1.165, 1.54) is 0 Å². The molecule has 1 rings (SSSR count). The zero-order chi connectivity index (χ0) is 11.5. The van der Waals surface area contributed by atoms with Gasteiger partial charge >= 0.3 is 6.09 Å². The fourth-order valence-electron chi connectivity index (χ4n) is 1.48. The van der Waals surface area contributed by atoms with Crippen LogP contribution in [-0.2, 0) is 9.53 Å². The molecule has 0 spiro atoms. The van der Waals surface area contributed by atoms with E-state index in [2.05, 4.69) is 5.32 Å². The predicted molar refractivity (Wildman–Crippen MR) is 55.4 cm³/mol. The number of amides is 2. The first-order valence-corrected chi connectivity index (χ1v) is 5.09. The summed E-state index contributed by atoms with van der Waals surface area (Å²) in [6.07, 6.45) is 1.18. The molecule has 1 atom stereocenters. The smallest absolute Gasteiger partial charge is 0.407 e. The number of carbonyl (C=O) groups is 2. The molecule has 1 aliphatic rings. The standard InChI is InChI=1S/C10H18N2O3/c1-10(2,3)15-9(14)11-8-4-5-12(6-8)7-13/h7-8H,4-6H2,1-3H3,(H,11,14). The average Bonchev–Trinajstić information content (AvgIpc) is 2.48. The van der Waals surface area contributed by atoms with E-state index in [-0.39, 0.29) is 6.04 Å². The highest BCUT2D eigenvalue weighted by Gasteiger charge is 2.24. The van der Waals surface area contributed by atoms with Crippen molar-refractivity contribution in [3.63, 3.8) is 0 Å². The summed E-state index contributed by atoms with van der Waals surface area (Å²) in [5.41, 5.74) is -0.479. The van der Waals surface area contributed by atoms with E-state index in [1.54, 1.807) is 4.90 Å². The van der Waals surface area contributed by atoms with Gasteiger partial charge in [-0.15, -0.1) is 0 Å². The van der Waals surface area contributed by atoms with E-state index in [0.717, 1.165) is 12.8 Å². The van der Waals surface area contributed by atoms with Gasteiger partial charge in [0.25, 0.3) is 0 Å². The number of ether oxygens (including phenoxy) is 1. The van der Waals surface area contributed by atoms with Crippen molar-refractivity contribution in [3.05, 3.63) is 0 Å². The van der Waals surface area contributed by atoms with Crippen LogP contribution in [0, 0.1) is 0 Å². The molecule has 0 radical (unpaired) electrons. The molecule has 0 saturated carbocycles. The molecule has 0 aromatic rings. The number of nitrogens with one attached hydrogen (secondary N) is 1. The van der Waals surface area contributed by atoms with Crippen molar-refractivity contribution in [3.8, 4) is 0 Å². The number of hydrogen-bond acceptors (Lipinski definition) is 3. The van der Waals surface area contributed by atoms with Gasteiger partial charge in [-0.3, -0.25) is 4.79 Å². The fraction of sp³-hybridized carbons (Fsp3) is 0.800. The summed E-state index contributed by atoms with van der Waals surface area (Å²) in [4.78, 5) is 23.5. The maximum absolute atomic E-state index is 11.4. The van der Waals surface area contributed by atoms with E-state index in [9.17, 15) is 9.59 Å². The molecule has 2 amide bonds. The van der Waals surface area contributed by atoms with Crippen molar-refractivity contribution in [2.75, 3.05) is 13.1 Å². The highest BCUT2D eigenvalue weighted by Crippen LogP contribution is 2.10. The fourth-order valence-corrected chi connectivity index (χ4v) is 1.48. The maximum Gasteiger partial charge on any atom is 0.407 e. The molecule has 1 aliphatic heterocycles. The third-order valence-electron chi connectivity index (χ3n) is 2.09. The minimum atomic E-state index is -0.479. The van der Waals surface area contributed by atoms with Crippen LogP contribution < -0.4 is 5.32 Å². The minimum absolute atomic E-state index is 0.0186. The summed E-state index contributed by atoms with van der Waals surface area (Å²) in [5, 5.41) is 2.74. The van der Waals surface area contributed by atoms with Gasteiger partial charge in [-0.2, -0.15) is 0 Å². The van der Waals surface area contributed by atoms with Gasteiger partial charge in [0.2, 0.25) is 6.41 Å². The lowest BCUT2D eigenvalue weighted by molar-refractivity contribution is -0.117. The summed E-state index contributed by atoms with van der Waals surface area (Å²) >= 11 is 0. The second-order valence-electron chi connectivity index (χ2n) is 4.73. The Kier molecular flexibility index (Phi) is 3.55. The Balaban J connectivity index is 2.31. The van der Waals surface area contributed by atoms with E-state index in [1.807, 2.05) is 20.8 Å². The van der Waals surface area contributed by atoms with Crippen LogP contribution in [0.4, 0.5) is 4.79 Å². The van der Waals surface area contributed by atoms with Crippen LogP contribution >= 0.6 is 0 Å². The zero-order valence-electron chi connectivity index (χ0n) is 9.45. The topological polar surface area (TPSA) is 58.6 Å². The summed E-state index contributed by atoms with van der Waals surface area (Å²) in [6.45, 7) is 6.73. The third-order valence-corrected chi connectivity index (χ3v) is 2.09. The van der Waals surface area contributed by atoms with Crippen LogP contribution in [0.2, 0.25) is 0 Å². The van der Waals surface area contributed by atoms with Gasteiger partial charge in [-0.1, -0.05) is 0 Å². The Morgan fingerprint density at radius 1 is 1.53 bits per heavy atom. The maximum atomic E-state index is 11.4. The zero-order valence-corrected chi connectivity index (χ0v) is 9.45. The SMILES string of the molecule is CC(C)(C)OC(=O)NC1CCN(C=O)C1. The second kappa shape index (κ2) is 4.51. The number of likely N-dealkylation sites (tertiary alicyclic amines) is 1. The molecule has 0 aromatic carbocycles. The molecular formula is C10H18N2O3. The van der Waals surface area contributed by atoms with E-state index in [0.29, 0.717) is 13.1 Å². The van der Waals surface area contributed by atoms with Crippen molar-refractivity contribution in [1.29, 1.82) is 0 Å². The first kappa shape index (κ1) is 11.8. The molecule has 1 unspecified atom stereocenters. The monoisotopic (exact) mass is 214 g/mol. The Hall–Kier alpha value is -1.26. The quantitative estimate of drug-likeness (QED) is 0.690. The van der Waals surface area contributed by atoms with Crippen molar-refractivity contribution < 1.29 is 14.3 Å². The highest BCUT2D eigenvalue weighted by atomic mass is 16.6. The summed E-state index contributed by atoms with van der Waals surface area (Å²) in [5.74, 6) is 0. The predicted octanol–water partition coefficient (Wildman–Crippen LogP) is 0.742. The van der Waals surface area contributed by atoms with Gasteiger partial charge in [-0.05, 0) is 27.2 Å². The molecule has 15 heavy (non-hydrogen) atoms. The average molecular weight is 214 g/mol. The van der Waals surface area contributed by atoms with E-state index < -0.39 is 11.7 Å². The van der Waals surface area contributed by atoms with Crippen LogP contribution in [-0.4, -0.2) is 42.1 Å². The third kappa shape index (κ3) is 4.18. The van der Waals surface area contributed by atoms with Gasteiger partial charge < -0.3 is 15.0 Å². The number of nitrogens with zero attached hydrogens (tertiary/aromatic N) is 1.